The molecule has 0 heterocycles. The molecule has 2 rings (SSSR count). The molecular weight excluding hydrogens is 160 g/mol. The summed E-state index contributed by atoms with van der Waals surface area (Å²) < 4.78 is 0. The zero-order chi connectivity index (χ0) is 9.26. The van der Waals surface area contributed by atoms with Gasteiger partial charge >= 0.3 is 0 Å². The predicted molar refractivity (Wildman–Crippen MR) is 52.4 cm³/mol. The SMILES string of the molecule is C#Cc1c(O)ccc2ccc[c]c12. The van der Waals surface area contributed by atoms with Crippen LogP contribution in [0.1, 0.15) is 5.56 Å². The van der Waals surface area contributed by atoms with Crippen molar-refractivity contribution >= 4 is 10.8 Å². The molecule has 0 aliphatic heterocycles. The summed E-state index contributed by atoms with van der Waals surface area (Å²) in [5.74, 6) is 2.59. The number of fused-ring (bicyclic) bond motifs is 1. The molecule has 0 amide bonds. The molecule has 2 aromatic carbocycles. The Kier molecular flexibility index (Phi) is 1.68. The summed E-state index contributed by atoms with van der Waals surface area (Å²) in [5.41, 5.74) is 0.512. The minimum Gasteiger partial charge on any atom is -0.507 e. The number of terminal acetylenes is 1. The van der Waals surface area contributed by atoms with E-state index in [0.717, 1.165) is 10.8 Å². The van der Waals surface area contributed by atoms with Gasteiger partial charge in [-0.05, 0) is 17.5 Å². The number of aromatic hydroxyl groups is 1. The molecule has 0 aromatic heterocycles. The van der Waals surface area contributed by atoms with Gasteiger partial charge in [0.1, 0.15) is 5.75 Å². The molecule has 0 saturated heterocycles. The van der Waals surface area contributed by atoms with Crippen molar-refractivity contribution in [1.29, 1.82) is 0 Å². The van der Waals surface area contributed by atoms with E-state index in [2.05, 4.69) is 12.0 Å². The summed E-state index contributed by atoms with van der Waals surface area (Å²) >= 11 is 0. The first-order valence-corrected chi connectivity index (χ1v) is 3.92. The summed E-state index contributed by atoms with van der Waals surface area (Å²) in [6.07, 6.45) is 5.29. The quantitative estimate of drug-likeness (QED) is 0.597. The van der Waals surface area contributed by atoms with Gasteiger partial charge in [-0.1, -0.05) is 30.2 Å². The van der Waals surface area contributed by atoms with Gasteiger partial charge in [0.15, 0.2) is 0 Å². The van der Waals surface area contributed by atoms with Crippen LogP contribution in [0, 0.1) is 18.4 Å². The maximum atomic E-state index is 9.45. The molecule has 0 unspecified atom stereocenters. The summed E-state index contributed by atoms with van der Waals surface area (Å²) in [5, 5.41) is 11.2. The lowest BCUT2D eigenvalue weighted by molar-refractivity contribution is 0.474. The van der Waals surface area contributed by atoms with Crippen molar-refractivity contribution in [3.05, 3.63) is 42.0 Å². The molecule has 1 heteroatoms. The van der Waals surface area contributed by atoms with Gasteiger partial charge in [-0.3, -0.25) is 0 Å². The van der Waals surface area contributed by atoms with Crippen LogP contribution in [0.25, 0.3) is 10.8 Å². The van der Waals surface area contributed by atoms with Gasteiger partial charge in [-0.15, -0.1) is 6.42 Å². The van der Waals surface area contributed by atoms with E-state index < -0.39 is 0 Å². The van der Waals surface area contributed by atoms with E-state index in [1.165, 1.54) is 0 Å². The highest BCUT2D eigenvalue weighted by Crippen LogP contribution is 2.25. The number of phenolic OH excluding ortho intramolecular Hbond substituents is 1. The number of benzene rings is 2. The van der Waals surface area contributed by atoms with Crippen LogP contribution >= 0.6 is 0 Å². The molecule has 61 valence electrons. The van der Waals surface area contributed by atoms with Gasteiger partial charge in [-0.25, -0.2) is 0 Å². The van der Waals surface area contributed by atoms with Crippen LogP contribution in [0.5, 0.6) is 5.75 Å². The first kappa shape index (κ1) is 7.70. The molecule has 0 fully saturated rings. The second kappa shape index (κ2) is 2.84. The second-order valence-electron chi connectivity index (χ2n) is 2.74. The lowest BCUT2D eigenvalue weighted by Crippen LogP contribution is -1.80. The van der Waals surface area contributed by atoms with Gasteiger partial charge in [0, 0.05) is 5.39 Å². The summed E-state index contributed by atoms with van der Waals surface area (Å²) in [7, 11) is 0. The molecule has 1 N–H and O–H groups in total. The first-order valence-electron chi connectivity index (χ1n) is 3.92. The largest absolute Gasteiger partial charge is 0.507 e. The van der Waals surface area contributed by atoms with Crippen molar-refractivity contribution in [3.63, 3.8) is 0 Å². The zero-order valence-corrected chi connectivity index (χ0v) is 6.91. The number of rotatable bonds is 0. The van der Waals surface area contributed by atoms with Crippen molar-refractivity contribution in [3.8, 4) is 18.1 Å². The van der Waals surface area contributed by atoms with Crippen molar-refractivity contribution in [2.45, 2.75) is 0 Å². The molecule has 0 saturated carbocycles. The Morgan fingerprint density at radius 3 is 2.92 bits per heavy atom. The molecule has 1 radical (unpaired) electrons. The highest BCUT2D eigenvalue weighted by Gasteiger charge is 2.02. The smallest absolute Gasteiger partial charge is 0.131 e. The molecule has 0 atom stereocenters. The Hall–Kier alpha value is -1.94. The van der Waals surface area contributed by atoms with E-state index in [9.17, 15) is 5.11 Å². The summed E-state index contributed by atoms with van der Waals surface area (Å²) in [6, 6.07) is 12.0. The van der Waals surface area contributed by atoms with Crippen LogP contribution in [0.4, 0.5) is 0 Å². The van der Waals surface area contributed by atoms with Crippen molar-refractivity contribution in [1.82, 2.24) is 0 Å². The van der Waals surface area contributed by atoms with Gasteiger partial charge in [0.2, 0.25) is 0 Å². The lowest BCUT2D eigenvalue weighted by atomic mass is 10.0. The van der Waals surface area contributed by atoms with E-state index in [-0.39, 0.29) is 5.75 Å². The molecule has 13 heavy (non-hydrogen) atoms. The number of phenols is 1. The number of hydrogen-bond acceptors (Lipinski definition) is 1. The third kappa shape index (κ3) is 1.13. The minimum atomic E-state index is 0.137. The average Bonchev–Trinajstić information content (AvgIpc) is 2.18. The zero-order valence-electron chi connectivity index (χ0n) is 6.91. The molecular formula is C12H7O. The van der Waals surface area contributed by atoms with Gasteiger partial charge in [-0.2, -0.15) is 0 Å². The third-order valence-electron chi connectivity index (χ3n) is 1.96. The Labute approximate surface area is 76.6 Å². The maximum Gasteiger partial charge on any atom is 0.131 e. The van der Waals surface area contributed by atoms with E-state index in [1.54, 1.807) is 12.1 Å². The topological polar surface area (TPSA) is 20.2 Å². The third-order valence-corrected chi connectivity index (χ3v) is 1.96. The monoisotopic (exact) mass is 167 g/mol. The van der Waals surface area contributed by atoms with Crippen molar-refractivity contribution in [2.24, 2.45) is 0 Å². The Balaban J connectivity index is 2.94. The van der Waals surface area contributed by atoms with E-state index >= 15 is 0 Å². The Morgan fingerprint density at radius 1 is 1.31 bits per heavy atom. The highest BCUT2D eigenvalue weighted by molar-refractivity contribution is 5.89. The maximum absolute atomic E-state index is 9.45. The molecule has 0 aliphatic carbocycles. The summed E-state index contributed by atoms with van der Waals surface area (Å²) in [6.45, 7) is 0. The van der Waals surface area contributed by atoms with E-state index in [1.807, 2.05) is 18.2 Å². The average molecular weight is 167 g/mol. The summed E-state index contributed by atoms with van der Waals surface area (Å²) in [4.78, 5) is 0. The second-order valence-corrected chi connectivity index (χ2v) is 2.74. The number of hydrogen-bond donors (Lipinski definition) is 1. The van der Waals surface area contributed by atoms with Crippen LogP contribution < -0.4 is 0 Å². The van der Waals surface area contributed by atoms with Crippen LogP contribution in [0.15, 0.2) is 30.3 Å². The van der Waals surface area contributed by atoms with Crippen molar-refractivity contribution < 1.29 is 5.11 Å². The van der Waals surface area contributed by atoms with Crippen LogP contribution in [0.2, 0.25) is 0 Å². The molecule has 0 spiro atoms. The van der Waals surface area contributed by atoms with Gasteiger partial charge in [0.05, 0.1) is 5.56 Å². The normalized spacial score (nSPS) is 9.77. The molecule has 2 aromatic rings. The van der Waals surface area contributed by atoms with Gasteiger partial charge < -0.3 is 5.11 Å². The predicted octanol–water partition coefficient (Wildman–Crippen LogP) is 2.33. The first-order chi connectivity index (χ1) is 6.33. The standard InChI is InChI=1S/C12H7O/c1-2-10-11-6-4-3-5-9(11)7-8-12(10)13/h1,3-5,7-8,13H. The molecule has 1 nitrogen and oxygen atoms in total. The molecule has 0 aliphatic rings. The van der Waals surface area contributed by atoms with Gasteiger partial charge in [0.25, 0.3) is 0 Å². The molecule has 0 bridgehead atoms. The fourth-order valence-corrected chi connectivity index (χ4v) is 1.33. The van der Waals surface area contributed by atoms with Crippen molar-refractivity contribution in [2.75, 3.05) is 0 Å². The fraction of sp³-hybridized carbons (Fsp3) is 0. The van der Waals surface area contributed by atoms with Crippen LogP contribution in [-0.4, -0.2) is 5.11 Å². The van der Waals surface area contributed by atoms with Crippen LogP contribution in [-0.2, 0) is 0 Å². The highest BCUT2D eigenvalue weighted by atomic mass is 16.3. The minimum absolute atomic E-state index is 0.137. The van der Waals surface area contributed by atoms with E-state index in [0.29, 0.717) is 5.56 Å². The lowest BCUT2D eigenvalue weighted by Gasteiger charge is -2.01. The Morgan fingerprint density at radius 2 is 2.15 bits per heavy atom. The van der Waals surface area contributed by atoms with Crippen LogP contribution in [0.3, 0.4) is 0 Å². The Bertz CT molecular complexity index is 492. The fourth-order valence-electron chi connectivity index (χ4n) is 1.33. The van der Waals surface area contributed by atoms with E-state index in [4.69, 9.17) is 6.42 Å².